The molecule has 0 atom stereocenters. The number of hydrogen-bond donors (Lipinski definition) is 2. The van der Waals surface area contributed by atoms with Gasteiger partial charge in [0.1, 0.15) is 0 Å². The van der Waals surface area contributed by atoms with Gasteiger partial charge in [-0.15, -0.1) is 0 Å². The fourth-order valence-corrected chi connectivity index (χ4v) is 3.31. The molecular weight excluding hydrogens is 238 g/mol. The average Bonchev–Trinajstić information content (AvgIpc) is 2.34. The van der Waals surface area contributed by atoms with Gasteiger partial charge in [-0.05, 0) is 32.2 Å². The lowest BCUT2D eigenvalue weighted by Gasteiger charge is -2.31. The summed E-state index contributed by atoms with van der Waals surface area (Å²) in [6.45, 7) is 6.90. The Bertz CT molecular complexity index is 298. The Balaban J connectivity index is 2.35. The molecule has 0 aromatic carbocycles. The molecule has 0 spiro atoms. The maximum atomic E-state index is 11.9. The molecular formula is C11H25N3O2S. The molecule has 1 saturated heterocycles. The Morgan fingerprint density at radius 2 is 1.71 bits per heavy atom. The quantitative estimate of drug-likeness (QED) is 0.710. The zero-order valence-corrected chi connectivity index (χ0v) is 11.7. The molecule has 1 fully saturated rings. The van der Waals surface area contributed by atoms with Gasteiger partial charge in [0.15, 0.2) is 0 Å². The summed E-state index contributed by atoms with van der Waals surface area (Å²) in [6, 6.07) is 0.479. The van der Waals surface area contributed by atoms with Gasteiger partial charge in [-0.2, -0.15) is 12.7 Å². The summed E-state index contributed by atoms with van der Waals surface area (Å²) in [5.41, 5.74) is 0. The predicted octanol–water partition coefficient (Wildman–Crippen LogP) is 0.695. The second-order valence-electron chi connectivity index (χ2n) is 4.53. The number of nitrogens with zero attached hydrogens (tertiary/aromatic N) is 1. The molecule has 102 valence electrons. The summed E-state index contributed by atoms with van der Waals surface area (Å²) in [4.78, 5) is 0. The van der Waals surface area contributed by atoms with Crippen LogP contribution < -0.4 is 10.0 Å². The second-order valence-corrected chi connectivity index (χ2v) is 6.28. The average molecular weight is 263 g/mol. The minimum atomic E-state index is -3.23. The number of rotatable bonds is 7. The van der Waals surface area contributed by atoms with E-state index in [1.165, 1.54) is 0 Å². The summed E-state index contributed by atoms with van der Waals surface area (Å²) in [5.74, 6) is 0. The minimum Gasteiger partial charge on any atom is -0.314 e. The Labute approximate surface area is 105 Å². The van der Waals surface area contributed by atoms with E-state index in [1.807, 2.05) is 6.92 Å². The molecule has 0 aromatic rings. The Morgan fingerprint density at radius 1 is 1.12 bits per heavy atom. The first-order valence-electron chi connectivity index (χ1n) is 6.58. The van der Waals surface area contributed by atoms with E-state index >= 15 is 0 Å². The van der Waals surface area contributed by atoms with Gasteiger partial charge in [0.05, 0.1) is 0 Å². The summed E-state index contributed by atoms with van der Waals surface area (Å²) >= 11 is 0. The normalized spacial score (nSPS) is 19.6. The van der Waals surface area contributed by atoms with Gasteiger partial charge in [-0.25, -0.2) is 4.72 Å². The van der Waals surface area contributed by atoms with E-state index in [1.54, 1.807) is 4.31 Å². The van der Waals surface area contributed by atoms with Crippen LogP contribution in [0.15, 0.2) is 0 Å². The molecule has 5 nitrogen and oxygen atoms in total. The van der Waals surface area contributed by atoms with Crippen LogP contribution in [-0.2, 0) is 10.2 Å². The Morgan fingerprint density at radius 3 is 2.24 bits per heavy atom. The molecule has 0 aliphatic carbocycles. The Hall–Kier alpha value is -0.170. The molecule has 0 radical (unpaired) electrons. The van der Waals surface area contributed by atoms with E-state index in [0.717, 1.165) is 32.2 Å². The highest BCUT2D eigenvalue weighted by molar-refractivity contribution is 7.87. The molecule has 0 saturated carbocycles. The zero-order chi connectivity index (χ0) is 12.7. The monoisotopic (exact) mass is 263 g/mol. The molecule has 1 heterocycles. The largest absolute Gasteiger partial charge is 0.314 e. The lowest BCUT2D eigenvalue weighted by molar-refractivity contribution is 0.287. The summed E-state index contributed by atoms with van der Waals surface area (Å²) < 4.78 is 27.9. The fraction of sp³-hybridized carbons (Fsp3) is 1.00. The van der Waals surface area contributed by atoms with Crippen LogP contribution in [0.4, 0.5) is 0 Å². The Kier molecular flexibility index (Phi) is 6.40. The van der Waals surface area contributed by atoms with Crippen molar-refractivity contribution < 1.29 is 8.42 Å². The number of nitrogens with one attached hydrogen (secondary N) is 2. The van der Waals surface area contributed by atoms with E-state index in [0.29, 0.717) is 25.7 Å². The summed E-state index contributed by atoms with van der Waals surface area (Å²) in [6.07, 6.45) is 3.77. The summed E-state index contributed by atoms with van der Waals surface area (Å²) in [5, 5.41) is 3.44. The first kappa shape index (κ1) is 14.9. The molecule has 1 rings (SSSR count). The maximum Gasteiger partial charge on any atom is 0.279 e. The van der Waals surface area contributed by atoms with Gasteiger partial charge in [0, 0.05) is 25.7 Å². The molecule has 0 unspecified atom stereocenters. The molecule has 1 aliphatic heterocycles. The molecule has 17 heavy (non-hydrogen) atoms. The van der Waals surface area contributed by atoms with Crippen molar-refractivity contribution in [3.8, 4) is 0 Å². The second kappa shape index (κ2) is 7.31. The van der Waals surface area contributed by atoms with Crippen molar-refractivity contribution >= 4 is 10.2 Å². The van der Waals surface area contributed by atoms with Gasteiger partial charge in [0.25, 0.3) is 10.2 Å². The van der Waals surface area contributed by atoms with Gasteiger partial charge in [0.2, 0.25) is 0 Å². The van der Waals surface area contributed by atoms with Crippen molar-refractivity contribution in [3.05, 3.63) is 0 Å². The maximum absolute atomic E-state index is 11.9. The number of piperidine rings is 1. The zero-order valence-electron chi connectivity index (χ0n) is 10.9. The highest BCUT2D eigenvalue weighted by atomic mass is 32.2. The smallest absolute Gasteiger partial charge is 0.279 e. The van der Waals surface area contributed by atoms with Crippen LogP contribution in [0.3, 0.4) is 0 Å². The first-order chi connectivity index (χ1) is 8.10. The van der Waals surface area contributed by atoms with Crippen molar-refractivity contribution in [2.75, 3.05) is 26.2 Å². The predicted molar refractivity (Wildman–Crippen MR) is 70.1 cm³/mol. The van der Waals surface area contributed by atoms with Crippen LogP contribution in [0.1, 0.15) is 39.5 Å². The van der Waals surface area contributed by atoms with Crippen molar-refractivity contribution in [2.45, 2.75) is 45.6 Å². The van der Waals surface area contributed by atoms with Crippen LogP contribution >= 0.6 is 0 Å². The van der Waals surface area contributed by atoms with E-state index < -0.39 is 10.2 Å². The highest BCUT2D eigenvalue weighted by Gasteiger charge is 2.26. The molecule has 6 heteroatoms. The lowest BCUT2D eigenvalue weighted by Crippen LogP contribution is -2.48. The third kappa shape index (κ3) is 4.91. The van der Waals surface area contributed by atoms with Crippen LogP contribution in [0.5, 0.6) is 0 Å². The van der Waals surface area contributed by atoms with Crippen molar-refractivity contribution in [1.29, 1.82) is 0 Å². The van der Waals surface area contributed by atoms with Crippen molar-refractivity contribution in [1.82, 2.24) is 14.3 Å². The van der Waals surface area contributed by atoms with E-state index in [9.17, 15) is 8.42 Å². The third-order valence-electron chi connectivity index (χ3n) is 3.01. The summed E-state index contributed by atoms with van der Waals surface area (Å²) in [7, 11) is -3.23. The van der Waals surface area contributed by atoms with Gasteiger partial charge < -0.3 is 5.32 Å². The lowest BCUT2D eigenvalue weighted by atomic mass is 10.1. The van der Waals surface area contributed by atoms with Gasteiger partial charge >= 0.3 is 0 Å². The van der Waals surface area contributed by atoms with Crippen LogP contribution in [0.2, 0.25) is 0 Å². The SMILES string of the molecule is CCCNC1CCN(S(=O)(=O)NCCC)CC1. The first-order valence-corrected chi connectivity index (χ1v) is 8.02. The standard InChI is InChI=1S/C11H25N3O2S/c1-3-7-12-11-5-9-14(10-6-11)17(15,16)13-8-4-2/h11-13H,3-10H2,1-2H3. The molecule has 2 N–H and O–H groups in total. The van der Waals surface area contributed by atoms with E-state index in [2.05, 4.69) is 17.0 Å². The molecule has 0 aromatic heterocycles. The van der Waals surface area contributed by atoms with E-state index in [4.69, 9.17) is 0 Å². The van der Waals surface area contributed by atoms with Crippen molar-refractivity contribution in [2.24, 2.45) is 0 Å². The van der Waals surface area contributed by atoms with Crippen molar-refractivity contribution in [3.63, 3.8) is 0 Å². The van der Waals surface area contributed by atoms with Crippen LogP contribution in [0.25, 0.3) is 0 Å². The minimum absolute atomic E-state index is 0.479. The van der Waals surface area contributed by atoms with Gasteiger partial charge in [-0.1, -0.05) is 13.8 Å². The van der Waals surface area contributed by atoms with Crippen LogP contribution in [-0.4, -0.2) is 44.9 Å². The molecule has 0 amide bonds. The topological polar surface area (TPSA) is 61.4 Å². The number of hydrogen-bond acceptors (Lipinski definition) is 3. The third-order valence-corrected chi connectivity index (χ3v) is 4.63. The highest BCUT2D eigenvalue weighted by Crippen LogP contribution is 2.13. The van der Waals surface area contributed by atoms with Crippen LogP contribution in [0, 0.1) is 0 Å². The molecule has 1 aliphatic rings. The van der Waals surface area contributed by atoms with E-state index in [-0.39, 0.29) is 0 Å². The molecule has 0 bridgehead atoms. The van der Waals surface area contributed by atoms with Gasteiger partial charge in [-0.3, -0.25) is 0 Å². The fourth-order valence-electron chi connectivity index (χ4n) is 1.97.